The molecule has 5 rings (SSSR count). The molecule has 32 heavy (non-hydrogen) atoms. The summed E-state index contributed by atoms with van der Waals surface area (Å²) in [6.45, 7) is 2.00. The Labute approximate surface area is 192 Å². The average molecular weight is 446 g/mol. The SMILES string of the molecule is O=C1CC(c2nc3ccccc3n2CCCOc2ccccc2)CN1c1cccc(Cl)c1. The first-order valence-corrected chi connectivity index (χ1v) is 11.3. The number of aryl methyl sites for hydroxylation is 1. The number of imidazole rings is 1. The van der Waals surface area contributed by atoms with Crippen molar-refractivity contribution in [1.82, 2.24) is 9.55 Å². The largest absolute Gasteiger partial charge is 0.494 e. The van der Waals surface area contributed by atoms with Crippen molar-refractivity contribution in [2.24, 2.45) is 0 Å². The fraction of sp³-hybridized carbons (Fsp3) is 0.231. The number of rotatable bonds is 7. The Morgan fingerprint density at radius 2 is 1.81 bits per heavy atom. The number of amides is 1. The number of hydrogen-bond donors (Lipinski definition) is 0. The van der Waals surface area contributed by atoms with Crippen molar-refractivity contribution in [3.8, 4) is 5.75 Å². The van der Waals surface area contributed by atoms with Gasteiger partial charge in [-0.05, 0) is 48.9 Å². The molecule has 4 aromatic rings. The van der Waals surface area contributed by atoms with Crippen LogP contribution in [0.25, 0.3) is 11.0 Å². The van der Waals surface area contributed by atoms with Crippen LogP contribution in [0.4, 0.5) is 5.69 Å². The molecular formula is C26H24ClN3O2. The van der Waals surface area contributed by atoms with Gasteiger partial charge in [-0.3, -0.25) is 4.79 Å². The number of nitrogens with zero attached hydrogens (tertiary/aromatic N) is 3. The lowest BCUT2D eigenvalue weighted by Gasteiger charge is -2.18. The first-order chi connectivity index (χ1) is 15.7. The lowest BCUT2D eigenvalue weighted by molar-refractivity contribution is -0.117. The Morgan fingerprint density at radius 3 is 2.66 bits per heavy atom. The van der Waals surface area contributed by atoms with Gasteiger partial charge in [0.1, 0.15) is 11.6 Å². The Balaban J connectivity index is 1.36. The maximum Gasteiger partial charge on any atom is 0.227 e. The van der Waals surface area contributed by atoms with Crippen LogP contribution in [-0.2, 0) is 11.3 Å². The van der Waals surface area contributed by atoms with E-state index in [-0.39, 0.29) is 11.8 Å². The van der Waals surface area contributed by atoms with E-state index in [2.05, 4.69) is 10.6 Å². The molecular weight excluding hydrogens is 422 g/mol. The number of carbonyl (C=O) groups is 1. The molecule has 6 heteroatoms. The van der Waals surface area contributed by atoms with Crippen molar-refractivity contribution in [1.29, 1.82) is 0 Å². The van der Waals surface area contributed by atoms with E-state index >= 15 is 0 Å². The highest BCUT2D eigenvalue weighted by molar-refractivity contribution is 6.30. The van der Waals surface area contributed by atoms with Gasteiger partial charge in [-0.25, -0.2) is 4.98 Å². The average Bonchev–Trinajstić information content (AvgIpc) is 3.38. The highest BCUT2D eigenvalue weighted by Crippen LogP contribution is 2.34. The maximum absolute atomic E-state index is 12.8. The highest BCUT2D eigenvalue weighted by Gasteiger charge is 2.34. The Bertz CT molecular complexity index is 1240. The van der Waals surface area contributed by atoms with E-state index in [0.29, 0.717) is 24.6 Å². The van der Waals surface area contributed by atoms with Crippen LogP contribution in [0.3, 0.4) is 0 Å². The van der Waals surface area contributed by atoms with Crippen LogP contribution >= 0.6 is 11.6 Å². The number of para-hydroxylation sites is 3. The van der Waals surface area contributed by atoms with Crippen LogP contribution in [0.1, 0.15) is 24.6 Å². The highest BCUT2D eigenvalue weighted by atomic mass is 35.5. The van der Waals surface area contributed by atoms with Gasteiger partial charge in [0.15, 0.2) is 0 Å². The Hall–Kier alpha value is -3.31. The molecule has 1 fully saturated rings. The van der Waals surface area contributed by atoms with Crippen molar-refractivity contribution >= 4 is 34.2 Å². The van der Waals surface area contributed by atoms with Gasteiger partial charge in [0.2, 0.25) is 5.91 Å². The van der Waals surface area contributed by atoms with Gasteiger partial charge in [-0.2, -0.15) is 0 Å². The number of hydrogen-bond acceptors (Lipinski definition) is 3. The molecule has 1 atom stereocenters. The third-order valence-corrected chi connectivity index (χ3v) is 6.07. The minimum atomic E-state index is 0.0314. The van der Waals surface area contributed by atoms with Gasteiger partial charge < -0.3 is 14.2 Å². The van der Waals surface area contributed by atoms with Crippen LogP contribution in [0, 0.1) is 0 Å². The molecule has 3 aromatic carbocycles. The third-order valence-electron chi connectivity index (χ3n) is 5.83. The summed E-state index contributed by atoms with van der Waals surface area (Å²) in [4.78, 5) is 19.6. The fourth-order valence-electron chi connectivity index (χ4n) is 4.34. The van der Waals surface area contributed by atoms with E-state index < -0.39 is 0 Å². The first kappa shape index (κ1) is 20.6. The van der Waals surface area contributed by atoms with Crippen LogP contribution in [-0.4, -0.2) is 28.6 Å². The molecule has 1 amide bonds. The van der Waals surface area contributed by atoms with Crippen LogP contribution in [0.2, 0.25) is 5.02 Å². The topological polar surface area (TPSA) is 47.4 Å². The lowest BCUT2D eigenvalue weighted by atomic mass is 10.1. The monoisotopic (exact) mass is 445 g/mol. The van der Waals surface area contributed by atoms with Gasteiger partial charge in [0.25, 0.3) is 0 Å². The normalized spacial score (nSPS) is 16.1. The van der Waals surface area contributed by atoms with E-state index in [1.165, 1.54) is 0 Å². The summed E-state index contributed by atoms with van der Waals surface area (Å²) in [5.74, 6) is 1.97. The molecule has 1 unspecified atom stereocenters. The van der Waals surface area contributed by atoms with Gasteiger partial charge in [-0.1, -0.05) is 48.0 Å². The smallest absolute Gasteiger partial charge is 0.227 e. The van der Waals surface area contributed by atoms with Crippen molar-refractivity contribution in [3.63, 3.8) is 0 Å². The van der Waals surface area contributed by atoms with E-state index in [0.717, 1.165) is 41.3 Å². The second-order valence-electron chi connectivity index (χ2n) is 8.01. The van der Waals surface area contributed by atoms with Crippen molar-refractivity contribution < 1.29 is 9.53 Å². The zero-order chi connectivity index (χ0) is 21.9. The quantitative estimate of drug-likeness (QED) is 0.344. The number of anilines is 1. The van der Waals surface area contributed by atoms with Crippen molar-refractivity contribution in [2.45, 2.75) is 25.3 Å². The molecule has 2 heterocycles. The maximum atomic E-state index is 12.8. The van der Waals surface area contributed by atoms with E-state index in [9.17, 15) is 4.79 Å². The van der Waals surface area contributed by atoms with E-state index in [1.807, 2.05) is 77.7 Å². The predicted molar refractivity (Wildman–Crippen MR) is 127 cm³/mol. The molecule has 0 bridgehead atoms. The summed E-state index contributed by atoms with van der Waals surface area (Å²) < 4.78 is 8.13. The minimum absolute atomic E-state index is 0.0314. The summed E-state index contributed by atoms with van der Waals surface area (Å²) in [7, 11) is 0. The lowest BCUT2D eigenvalue weighted by Crippen LogP contribution is -2.24. The molecule has 1 aromatic heterocycles. The number of carbonyl (C=O) groups excluding carboxylic acids is 1. The fourth-order valence-corrected chi connectivity index (χ4v) is 4.53. The summed E-state index contributed by atoms with van der Waals surface area (Å²) in [6.07, 6.45) is 1.29. The number of halogens is 1. The molecule has 1 saturated heterocycles. The zero-order valence-electron chi connectivity index (χ0n) is 17.7. The Morgan fingerprint density at radius 1 is 1.00 bits per heavy atom. The standard InChI is InChI=1S/C26H24ClN3O2/c27-20-8-6-9-21(17-20)30-18-19(16-25(30)31)26-28-23-12-4-5-13-24(23)29(26)14-7-15-32-22-10-2-1-3-11-22/h1-6,8-13,17,19H,7,14-16,18H2. The van der Waals surface area contributed by atoms with Crippen LogP contribution in [0.15, 0.2) is 78.9 Å². The molecule has 162 valence electrons. The minimum Gasteiger partial charge on any atom is -0.494 e. The number of ether oxygens (including phenoxy) is 1. The number of aromatic nitrogens is 2. The van der Waals surface area contributed by atoms with Crippen LogP contribution < -0.4 is 9.64 Å². The van der Waals surface area contributed by atoms with Gasteiger partial charge in [0.05, 0.1) is 17.6 Å². The number of benzene rings is 3. The molecule has 0 N–H and O–H groups in total. The molecule has 5 nitrogen and oxygen atoms in total. The van der Waals surface area contributed by atoms with E-state index in [1.54, 1.807) is 0 Å². The van der Waals surface area contributed by atoms with Crippen molar-refractivity contribution in [2.75, 3.05) is 18.1 Å². The molecule has 0 radical (unpaired) electrons. The Kier molecular flexibility index (Phi) is 5.82. The molecule has 1 aliphatic rings. The van der Waals surface area contributed by atoms with Gasteiger partial charge in [-0.15, -0.1) is 0 Å². The summed E-state index contributed by atoms with van der Waals surface area (Å²) in [6, 6.07) is 25.5. The van der Waals surface area contributed by atoms with E-state index in [4.69, 9.17) is 21.3 Å². The molecule has 0 aliphatic carbocycles. The summed E-state index contributed by atoms with van der Waals surface area (Å²) >= 11 is 6.15. The van der Waals surface area contributed by atoms with Crippen LogP contribution in [0.5, 0.6) is 5.75 Å². The summed E-state index contributed by atoms with van der Waals surface area (Å²) in [5, 5.41) is 0.629. The summed E-state index contributed by atoms with van der Waals surface area (Å²) in [5.41, 5.74) is 2.89. The molecule has 0 saturated carbocycles. The van der Waals surface area contributed by atoms with Gasteiger partial charge >= 0.3 is 0 Å². The van der Waals surface area contributed by atoms with Gasteiger partial charge in [0, 0.05) is 36.1 Å². The second-order valence-corrected chi connectivity index (χ2v) is 8.45. The zero-order valence-corrected chi connectivity index (χ0v) is 18.4. The van der Waals surface area contributed by atoms with Crippen molar-refractivity contribution in [3.05, 3.63) is 89.7 Å². The molecule has 1 aliphatic heterocycles. The first-order valence-electron chi connectivity index (χ1n) is 10.9. The number of fused-ring (bicyclic) bond motifs is 1. The second kappa shape index (κ2) is 9.05. The predicted octanol–water partition coefficient (Wildman–Crippen LogP) is 5.68. The molecule has 0 spiro atoms. The third kappa shape index (κ3) is 4.21.